The van der Waals surface area contributed by atoms with Crippen LogP contribution < -0.4 is 10.2 Å². The lowest BCUT2D eigenvalue weighted by Crippen LogP contribution is -2.38. The van der Waals surface area contributed by atoms with Crippen LogP contribution in [0.3, 0.4) is 0 Å². The molecule has 1 N–H and O–H groups in total. The van der Waals surface area contributed by atoms with Crippen molar-refractivity contribution in [1.82, 2.24) is 9.73 Å². The molecule has 0 unspecified atom stereocenters. The summed E-state index contributed by atoms with van der Waals surface area (Å²) in [5.41, 5.74) is 4.20. The third kappa shape index (κ3) is 6.91. The van der Waals surface area contributed by atoms with Gasteiger partial charge in [0, 0.05) is 0 Å². The minimum absolute atomic E-state index is 0.0856. The minimum atomic E-state index is -3.93. The molecule has 4 aromatic rings. The number of nitrogens with one attached hydrogen (secondary N) is 1. The maximum Gasteiger partial charge on any atom is 0.255 e. The smallest absolute Gasteiger partial charge is 0.255 e. The highest BCUT2D eigenvalue weighted by molar-refractivity contribution is 7.89. The fourth-order valence-electron chi connectivity index (χ4n) is 3.31. The Morgan fingerprint density at radius 3 is 2.28 bits per heavy atom. The molecule has 0 aliphatic carbocycles. The van der Waals surface area contributed by atoms with Crippen LogP contribution in [-0.4, -0.2) is 31.4 Å². The van der Waals surface area contributed by atoms with Gasteiger partial charge in [-0.1, -0.05) is 48.5 Å². The van der Waals surface area contributed by atoms with Crippen LogP contribution >= 0.6 is 0 Å². The molecule has 36 heavy (non-hydrogen) atoms. The molecule has 9 heteroatoms. The van der Waals surface area contributed by atoms with Gasteiger partial charge in [-0.05, 0) is 59.7 Å². The van der Waals surface area contributed by atoms with Crippen molar-refractivity contribution < 1.29 is 22.4 Å². The van der Waals surface area contributed by atoms with Gasteiger partial charge in [0.15, 0.2) is 0 Å². The summed E-state index contributed by atoms with van der Waals surface area (Å²) in [4.78, 5) is 12.6. The second kappa shape index (κ2) is 12.0. The molecule has 0 saturated carbocycles. The summed E-state index contributed by atoms with van der Waals surface area (Å²) in [7, 11) is -3.93. The number of carbonyl (C=O) groups is 1. The summed E-state index contributed by atoms with van der Waals surface area (Å²) in [6.07, 6.45) is 2.92. The van der Waals surface area contributed by atoms with E-state index in [0.717, 1.165) is 15.4 Å². The van der Waals surface area contributed by atoms with Crippen LogP contribution in [0.4, 0.5) is 0 Å². The van der Waals surface area contributed by atoms with Crippen molar-refractivity contribution in [2.45, 2.75) is 18.0 Å². The largest absolute Gasteiger partial charge is 0.489 e. The van der Waals surface area contributed by atoms with E-state index < -0.39 is 22.5 Å². The van der Waals surface area contributed by atoms with E-state index in [9.17, 15) is 13.2 Å². The van der Waals surface area contributed by atoms with Crippen LogP contribution in [0.2, 0.25) is 0 Å². The summed E-state index contributed by atoms with van der Waals surface area (Å²) >= 11 is 0. The lowest BCUT2D eigenvalue weighted by atomic mass is 10.2. The molecular weight excluding hydrogens is 478 g/mol. The van der Waals surface area contributed by atoms with Gasteiger partial charge in [-0.2, -0.15) is 9.41 Å². The first kappa shape index (κ1) is 24.9. The monoisotopic (exact) mass is 503 g/mol. The van der Waals surface area contributed by atoms with Crippen molar-refractivity contribution in [1.29, 1.82) is 0 Å². The predicted octanol–water partition coefficient (Wildman–Crippen LogP) is 4.20. The van der Waals surface area contributed by atoms with E-state index >= 15 is 0 Å². The summed E-state index contributed by atoms with van der Waals surface area (Å²) in [6.45, 7) is -0.0575. The SMILES string of the molecule is O=C(CN(Cc1ccco1)S(=O)(=O)c1ccccc1)N/N=C\c1ccc(OCc2ccccc2)cc1. The second-order valence-electron chi connectivity index (χ2n) is 7.80. The standard InChI is InChI=1S/C27H25N3O5S/c31-27(20-30(19-25-10-7-17-34-25)36(32,33)26-11-5-2-6-12-26)29-28-18-22-13-15-24(16-14-22)35-21-23-8-3-1-4-9-23/h1-18H,19-21H2,(H,29,31)/b28-18-. The van der Waals surface area contributed by atoms with Gasteiger partial charge in [0.1, 0.15) is 18.1 Å². The summed E-state index contributed by atoms with van der Waals surface area (Å²) in [5.74, 6) is 0.542. The first-order chi connectivity index (χ1) is 17.5. The molecule has 1 heterocycles. The Labute approximate surface area is 209 Å². The van der Waals surface area contributed by atoms with Crippen molar-refractivity contribution >= 4 is 22.1 Å². The summed E-state index contributed by atoms with van der Waals surface area (Å²) in [5, 5.41) is 3.96. The van der Waals surface area contributed by atoms with E-state index in [1.165, 1.54) is 24.6 Å². The van der Waals surface area contributed by atoms with Gasteiger partial charge in [-0.25, -0.2) is 13.8 Å². The number of hydrazone groups is 1. The number of amides is 1. The average molecular weight is 504 g/mol. The molecule has 0 aliphatic heterocycles. The topological polar surface area (TPSA) is 101 Å². The molecule has 184 valence electrons. The molecule has 4 rings (SSSR count). The Morgan fingerprint density at radius 1 is 0.917 bits per heavy atom. The lowest BCUT2D eigenvalue weighted by Gasteiger charge is -2.20. The van der Waals surface area contributed by atoms with Gasteiger partial charge < -0.3 is 9.15 Å². The number of nitrogens with zero attached hydrogens (tertiary/aromatic N) is 2. The predicted molar refractivity (Wildman–Crippen MR) is 136 cm³/mol. The average Bonchev–Trinajstić information content (AvgIpc) is 3.42. The Balaban J connectivity index is 1.35. The Kier molecular flexibility index (Phi) is 8.28. The normalized spacial score (nSPS) is 11.6. The zero-order valence-corrected chi connectivity index (χ0v) is 20.2. The van der Waals surface area contributed by atoms with Gasteiger partial charge in [-0.3, -0.25) is 4.79 Å². The van der Waals surface area contributed by atoms with Crippen molar-refractivity contribution in [2.75, 3.05) is 6.54 Å². The fraction of sp³-hybridized carbons (Fsp3) is 0.111. The first-order valence-electron chi connectivity index (χ1n) is 11.2. The molecule has 1 amide bonds. The zero-order valence-electron chi connectivity index (χ0n) is 19.4. The molecule has 3 aromatic carbocycles. The maximum atomic E-state index is 13.1. The van der Waals surface area contributed by atoms with Gasteiger partial charge in [0.05, 0.1) is 30.5 Å². The fourth-order valence-corrected chi connectivity index (χ4v) is 4.69. The van der Waals surface area contributed by atoms with E-state index in [1.54, 1.807) is 42.5 Å². The number of hydrogen-bond acceptors (Lipinski definition) is 6. The highest BCUT2D eigenvalue weighted by Gasteiger charge is 2.27. The number of ether oxygens (including phenoxy) is 1. The molecule has 0 bridgehead atoms. The molecule has 0 radical (unpaired) electrons. The first-order valence-corrected chi connectivity index (χ1v) is 12.6. The zero-order chi connectivity index (χ0) is 25.2. The van der Waals surface area contributed by atoms with E-state index in [-0.39, 0.29) is 11.4 Å². The van der Waals surface area contributed by atoms with E-state index in [0.29, 0.717) is 18.1 Å². The Hall–Kier alpha value is -4.21. The summed E-state index contributed by atoms with van der Waals surface area (Å²) in [6, 6.07) is 28.3. The van der Waals surface area contributed by atoms with E-state index in [4.69, 9.17) is 9.15 Å². The number of sulfonamides is 1. The van der Waals surface area contributed by atoms with Crippen LogP contribution in [0.25, 0.3) is 0 Å². The minimum Gasteiger partial charge on any atom is -0.489 e. The number of hydrogen-bond donors (Lipinski definition) is 1. The third-order valence-electron chi connectivity index (χ3n) is 5.14. The van der Waals surface area contributed by atoms with Crippen molar-refractivity contribution in [3.05, 3.63) is 120 Å². The van der Waals surface area contributed by atoms with Crippen molar-refractivity contribution in [3.63, 3.8) is 0 Å². The maximum absolute atomic E-state index is 13.1. The van der Waals surface area contributed by atoms with Crippen molar-refractivity contribution in [3.8, 4) is 5.75 Å². The van der Waals surface area contributed by atoms with Crippen LogP contribution in [-0.2, 0) is 28.0 Å². The molecule has 0 spiro atoms. The van der Waals surface area contributed by atoms with Crippen LogP contribution in [0, 0.1) is 0 Å². The highest BCUT2D eigenvalue weighted by Crippen LogP contribution is 2.18. The number of carbonyl (C=O) groups excluding carboxylic acids is 1. The van der Waals surface area contributed by atoms with Gasteiger partial charge >= 0.3 is 0 Å². The molecule has 0 aliphatic rings. The molecule has 0 atom stereocenters. The molecule has 0 saturated heterocycles. The van der Waals surface area contributed by atoms with Crippen LogP contribution in [0.5, 0.6) is 5.75 Å². The van der Waals surface area contributed by atoms with Gasteiger partial charge in [0.2, 0.25) is 10.0 Å². The van der Waals surface area contributed by atoms with Crippen LogP contribution in [0.15, 0.2) is 118 Å². The molecule has 0 fully saturated rings. The molecule has 8 nitrogen and oxygen atoms in total. The number of benzene rings is 3. The second-order valence-corrected chi connectivity index (χ2v) is 9.74. The molecule has 1 aromatic heterocycles. The van der Waals surface area contributed by atoms with Crippen molar-refractivity contribution in [2.24, 2.45) is 5.10 Å². The van der Waals surface area contributed by atoms with E-state index in [2.05, 4.69) is 10.5 Å². The number of furan rings is 1. The van der Waals surface area contributed by atoms with Gasteiger partial charge in [-0.15, -0.1) is 0 Å². The Morgan fingerprint density at radius 2 is 1.61 bits per heavy atom. The van der Waals surface area contributed by atoms with E-state index in [1.807, 2.05) is 42.5 Å². The highest BCUT2D eigenvalue weighted by atomic mass is 32.2. The van der Waals surface area contributed by atoms with Gasteiger partial charge in [0.25, 0.3) is 5.91 Å². The third-order valence-corrected chi connectivity index (χ3v) is 6.95. The number of rotatable bonds is 11. The lowest BCUT2D eigenvalue weighted by molar-refractivity contribution is -0.121. The van der Waals surface area contributed by atoms with Crippen LogP contribution in [0.1, 0.15) is 16.9 Å². The Bertz CT molecular complexity index is 1370. The molecular formula is C27H25N3O5S. The summed E-state index contributed by atoms with van der Waals surface area (Å²) < 4.78 is 38.3. The quantitative estimate of drug-likeness (QED) is 0.244.